The fourth-order valence-corrected chi connectivity index (χ4v) is 7.75. The van der Waals surface area contributed by atoms with Crippen molar-refractivity contribution in [2.75, 3.05) is 37.0 Å². The standard InChI is InChI=1S/C38H60N2O3S2/c1-29(33(20-26-42)10-8-25-41)28-32-17-15-31(16-18-32)19-22-38(3)30(2)35-12-5-6-13-36(35)40(38)24-9-23-39-37(43)14-7-4-11-34(45)21-27-44/h5-6,12-13,15-19,22,29-30,33-34,37,39,41-45H,4,7-11,14,20-21,23-28H2,1-3H3. The molecule has 0 saturated heterocycles. The van der Waals surface area contributed by atoms with Gasteiger partial charge in [0.15, 0.2) is 0 Å². The van der Waals surface area contributed by atoms with Crippen LogP contribution in [0.4, 0.5) is 5.69 Å². The third-order valence-corrected chi connectivity index (χ3v) is 10.8. The van der Waals surface area contributed by atoms with Crippen molar-refractivity contribution in [2.24, 2.45) is 11.8 Å². The maximum absolute atomic E-state index is 10.5. The van der Waals surface area contributed by atoms with E-state index >= 15 is 0 Å². The lowest BCUT2D eigenvalue weighted by Crippen LogP contribution is -2.45. The van der Waals surface area contributed by atoms with Crippen molar-refractivity contribution in [2.45, 2.75) is 108 Å². The predicted octanol–water partition coefficient (Wildman–Crippen LogP) is 7.51. The Bertz CT molecular complexity index is 1130. The fraction of sp³-hybridized carbons (Fsp3) is 0.632. The molecule has 5 nitrogen and oxygen atoms in total. The van der Waals surface area contributed by atoms with Crippen molar-refractivity contribution in [1.82, 2.24) is 5.32 Å². The average Bonchev–Trinajstić information content (AvgIpc) is 3.25. The molecular weight excluding hydrogens is 597 g/mol. The number of fused-ring (bicyclic) bond motifs is 1. The Hall–Kier alpha value is -1.48. The molecule has 6 atom stereocenters. The van der Waals surface area contributed by atoms with Gasteiger partial charge in [-0.25, -0.2) is 0 Å². The van der Waals surface area contributed by atoms with Gasteiger partial charge in [0, 0.05) is 36.6 Å². The molecule has 0 aromatic heterocycles. The van der Waals surface area contributed by atoms with Gasteiger partial charge in [0.25, 0.3) is 0 Å². The Morgan fingerprint density at radius 1 is 0.933 bits per heavy atom. The van der Waals surface area contributed by atoms with E-state index in [0.717, 1.165) is 83.1 Å². The lowest BCUT2D eigenvalue weighted by atomic mass is 9.83. The molecular formula is C38H60N2O3S2. The summed E-state index contributed by atoms with van der Waals surface area (Å²) in [6, 6.07) is 17.7. The number of unbranched alkanes of at least 4 members (excludes halogenated alkanes) is 1. The van der Waals surface area contributed by atoms with E-state index in [1.54, 1.807) is 0 Å². The first-order valence-corrected chi connectivity index (χ1v) is 18.4. The van der Waals surface area contributed by atoms with E-state index in [0.29, 0.717) is 23.0 Å². The molecule has 6 unspecified atom stereocenters. The van der Waals surface area contributed by atoms with Gasteiger partial charge >= 0.3 is 0 Å². The number of para-hydroxylation sites is 1. The quantitative estimate of drug-likeness (QED) is 0.0450. The molecule has 0 saturated carbocycles. The molecule has 3 rings (SSSR count). The van der Waals surface area contributed by atoms with Gasteiger partial charge < -0.3 is 20.2 Å². The number of aliphatic hydroxyl groups is 3. The van der Waals surface area contributed by atoms with Crippen LogP contribution >= 0.6 is 25.3 Å². The van der Waals surface area contributed by atoms with Crippen LogP contribution in [0, 0.1) is 11.8 Å². The van der Waals surface area contributed by atoms with Crippen LogP contribution in [0.2, 0.25) is 0 Å². The second kappa shape index (κ2) is 20.0. The zero-order chi connectivity index (χ0) is 32.7. The minimum atomic E-state index is -0.462. The maximum Gasteiger partial charge on any atom is 0.104 e. The zero-order valence-electron chi connectivity index (χ0n) is 28.0. The van der Waals surface area contributed by atoms with E-state index in [1.807, 2.05) is 0 Å². The summed E-state index contributed by atoms with van der Waals surface area (Å²) in [4.78, 5) is 2.55. The summed E-state index contributed by atoms with van der Waals surface area (Å²) in [6.07, 6.45) is 13.6. The van der Waals surface area contributed by atoms with Crippen molar-refractivity contribution < 1.29 is 15.3 Å². The Kier molecular flexibility index (Phi) is 16.9. The topological polar surface area (TPSA) is 76.0 Å². The Balaban J connectivity index is 1.58. The van der Waals surface area contributed by atoms with E-state index in [-0.39, 0.29) is 18.8 Å². The largest absolute Gasteiger partial charge is 0.396 e. The van der Waals surface area contributed by atoms with Gasteiger partial charge in [0.2, 0.25) is 0 Å². The molecule has 45 heavy (non-hydrogen) atoms. The molecule has 1 aliphatic heterocycles. The molecule has 0 radical (unpaired) electrons. The number of hydrogen-bond donors (Lipinski definition) is 6. The minimum Gasteiger partial charge on any atom is -0.396 e. The second-order valence-electron chi connectivity index (χ2n) is 13.3. The van der Waals surface area contributed by atoms with Gasteiger partial charge in [0.1, 0.15) is 6.23 Å². The molecule has 2 aromatic rings. The first-order chi connectivity index (χ1) is 21.7. The smallest absolute Gasteiger partial charge is 0.104 e. The van der Waals surface area contributed by atoms with Crippen molar-refractivity contribution >= 4 is 37.0 Å². The second-order valence-corrected chi connectivity index (χ2v) is 14.5. The molecule has 0 spiro atoms. The summed E-state index contributed by atoms with van der Waals surface area (Å²) in [5.74, 6) is 2.11. The van der Waals surface area contributed by atoms with Crippen LogP contribution < -0.4 is 10.2 Å². The van der Waals surface area contributed by atoms with Gasteiger partial charge in [-0.1, -0.05) is 74.9 Å². The van der Waals surface area contributed by atoms with Crippen molar-refractivity contribution in [1.29, 1.82) is 0 Å². The molecule has 0 amide bonds. The lowest BCUT2D eigenvalue weighted by molar-refractivity contribution is 0.124. The summed E-state index contributed by atoms with van der Waals surface area (Å²) in [5, 5.41) is 33.0. The molecule has 252 valence electrons. The van der Waals surface area contributed by atoms with Crippen LogP contribution in [-0.4, -0.2) is 64.4 Å². The molecule has 7 heteroatoms. The number of hydrogen-bond acceptors (Lipinski definition) is 7. The van der Waals surface area contributed by atoms with Gasteiger partial charge in [-0.2, -0.15) is 25.3 Å². The highest BCUT2D eigenvalue weighted by Gasteiger charge is 2.43. The molecule has 1 aliphatic rings. The molecule has 0 fully saturated rings. The Morgan fingerprint density at radius 3 is 2.38 bits per heavy atom. The highest BCUT2D eigenvalue weighted by atomic mass is 32.1. The Morgan fingerprint density at radius 2 is 1.67 bits per heavy atom. The van der Waals surface area contributed by atoms with Gasteiger partial charge in [-0.15, -0.1) is 0 Å². The number of rotatable bonds is 22. The number of benzene rings is 2. The van der Waals surface area contributed by atoms with E-state index in [4.69, 9.17) is 0 Å². The number of thiol groups is 2. The maximum atomic E-state index is 10.5. The Labute approximate surface area is 284 Å². The zero-order valence-corrected chi connectivity index (χ0v) is 29.7. The third-order valence-electron chi connectivity index (χ3n) is 10.0. The minimum absolute atomic E-state index is 0.157. The first kappa shape index (κ1) is 38.0. The monoisotopic (exact) mass is 656 g/mol. The number of anilines is 1. The highest BCUT2D eigenvalue weighted by Crippen LogP contribution is 2.48. The van der Waals surface area contributed by atoms with E-state index < -0.39 is 6.23 Å². The summed E-state index contributed by atoms with van der Waals surface area (Å²) in [5.41, 5.74) is 5.05. The predicted molar refractivity (Wildman–Crippen MR) is 199 cm³/mol. The molecule has 0 bridgehead atoms. The van der Waals surface area contributed by atoms with E-state index in [2.05, 4.69) is 117 Å². The number of nitrogens with one attached hydrogen (secondary N) is 1. The third kappa shape index (κ3) is 11.6. The van der Waals surface area contributed by atoms with Crippen LogP contribution in [-0.2, 0) is 6.42 Å². The summed E-state index contributed by atoms with van der Waals surface area (Å²) in [7, 11) is 0. The summed E-state index contributed by atoms with van der Waals surface area (Å²) >= 11 is 8.90. The van der Waals surface area contributed by atoms with Crippen LogP contribution in [0.15, 0.2) is 54.6 Å². The van der Waals surface area contributed by atoms with Crippen molar-refractivity contribution in [3.8, 4) is 0 Å². The number of aliphatic hydroxyl groups excluding tert-OH is 3. The molecule has 1 heterocycles. The highest BCUT2D eigenvalue weighted by molar-refractivity contribution is 7.81. The number of nitrogens with zero attached hydrogens (tertiary/aromatic N) is 1. The van der Waals surface area contributed by atoms with Crippen molar-refractivity contribution in [3.05, 3.63) is 71.3 Å². The lowest BCUT2D eigenvalue weighted by Gasteiger charge is -2.38. The van der Waals surface area contributed by atoms with Gasteiger partial charge in [-0.05, 0) is 112 Å². The SMILES string of the molecule is CC(Cc1ccc(C=CC2(C)C(C)c3ccccc3N2CCCNC(O)CCCCC(S)CCS)cc1)C(CCO)CCCO. The van der Waals surface area contributed by atoms with Crippen LogP contribution in [0.3, 0.4) is 0 Å². The van der Waals surface area contributed by atoms with Crippen LogP contribution in [0.5, 0.6) is 0 Å². The van der Waals surface area contributed by atoms with Crippen molar-refractivity contribution in [3.63, 3.8) is 0 Å². The average molecular weight is 657 g/mol. The molecule has 0 aliphatic carbocycles. The van der Waals surface area contributed by atoms with Crippen LogP contribution in [0.1, 0.15) is 101 Å². The van der Waals surface area contributed by atoms with E-state index in [1.165, 1.54) is 22.4 Å². The molecule has 4 N–H and O–H groups in total. The first-order valence-electron chi connectivity index (χ1n) is 17.3. The van der Waals surface area contributed by atoms with Crippen LogP contribution in [0.25, 0.3) is 6.08 Å². The van der Waals surface area contributed by atoms with Gasteiger partial charge in [0.05, 0.1) is 5.54 Å². The van der Waals surface area contributed by atoms with E-state index in [9.17, 15) is 15.3 Å². The van der Waals surface area contributed by atoms with Gasteiger partial charge in [-0.3, -0.25) is 5.32 Å². The normalized spacial score (nSPS) is 20.8. The summed E-state index contributed by atoms with van der Waals surface area (Å²) in [6.45, 7) is 9.06. The summed E-state index contributed by atoms with van der Waals surface area (Å²) < 4.78 is 0. The molecule has 2 aromatic carbocycles. The fourth-order valence-electron chi connectivity index (χ4n) is 6.92.